The van der Waals surface area contributed by atoms with Gasteiger partial charge in [0, 0.05) is 18.8 Å². The normalized spacial score (nSPS) is 13.9. The number of amides is 1. The van der Waals surface area contributed by atoms with Crippen molar-refractivity contribution in [2.45, 2.75) is 19.8 Å². The van der Waals surface area contributed by atoms with E-state index in [1.807, 2.05) is 18.2 Å². The standard InChI is InChI=1S/C23H19N5O3S2/c1-12-17-20(29)26-19(15-5-4-10-31-15)27-22(17)33-18(12)21(30)24-13-6-7-14-16(11-13)32-23(25-14)28-8-2-3-9-28/h4-7,10-11H,2-3,8-9H2,1H3,(H,24,30)(H,26,27,29). The molecule has 10 heteroatoms. The number of carbonyl (C=O) groups is 1. The van der Waals surface area contributed by atoms with Crippen molar-refractivity contribution in [1.29, 1.82) is 0 Å². The Kier molecular flexibility index (Phi) is 4.77. The van der Waals surface area contributed by atoms with Gasteiger partial charge in [0.05, 0.1) is 26.7 Å². The van der Waals surface area contributed by atoms with E-state index in [4.69, 9.17) is 9.40 Å². The minimum Gasteiger partial charge on any atom is -0.461 e. The Balaban J connectivity index is 1.31. The Bertz CT molecular complexity index is 1560. The van der Waals surface area contributed by atoms with Gasteiger partial charge in [-0.25, -0.2) is 9.97 Å². The summed E-state index contributed by atoms with van der Waals surface area (Å²) < 4.78 is 6.37. The van der Waals surface area contributed by atoms with E-state index in [1.54, 1.807) is 30.4 Å². The van der Waals surface area contributed by atoms with Crippen molar-refractivity contribution < 1.29 is 9.21 Å². The van der Waals surface area contributed by atoms with Gasteiger partial charge in [-0.3, -0.25) is 9.59 Å². The number of aromatic nitrogens is 3. The van der Waals surface area contributed by atoms with Gasteiger partial charge in [-0.1, -0.05) is 11.3 Å². The van der Waals surface area contributed by atoms with E-state index in [0.717, 1.165) is 28.4 Å². The zero-order valence-corrected chi connectivity index (χ0v) is 19.3. The van der Waals surface area contributed by atoms with Crippen LogP contribution in [0.3, 0.4) is 0 Å². The fourth-order valence-electron chi connectivity index (χ4n) is 4.11. The molecular formula is C23H19N5O3S2. The van der Waals surface area contributed by atoms with E-state index in [0.29, 0.717) is 37.9 Å². The van der Waals surface area contributed by atoms with E-state index in [-0.39, 0.29) is 11.5 Å². The van der Waals surface area contributed by atoms with Gasteiger partial charge in [0.25, 0.3) is 11.5 Å². The van der Waals surface area contributed by atoms with Gasteiger partial charge in [-0.05, 0) is 55.7 Å². The molecule has 1 fully saturated rings. The highest BCUT2D eigenvalue weighted by atomic mass is 32.1. The summed E-state index contributed by atoms with van der Waals surface area (Å²) in [7, 11) is 0. The Morgan fingerprint density at radius 1 is 1.18 bits per heavy atom. The summed E-state index contributed by atoms with van der Waals surface area (Å²) in [5.41, 5.74) is 1.94. The van der Waals surface area contributed by atoms with E-state index < -0.39 is 0 Å². The second-order valence-electron chi connectivity index (χ2n) is 7.96. The lowest BCUT2D eigenvalue weighted by atomic mass is 10.2. The third kappa shape index (κ3) is 3.51. The molecule has 1 aromatic carbocycles. The number of hydrogen-bond donors (Lipinski definition) is 2. The number of nitrogens with zero attached hydrogens (tertiary/aromatic N) is 3. The Labute approximate surface area is 195 Å². The highest BCUT2D eigenvalue weighted by Crippen LogP contribution is 2.33. The third-order valence-electron chi connectivity index (χ3n) is 5.77. The first-order valence-electron chi connectivity index (χ1n) is 10.6. The predicted octanol–water partition coefficient (Wildman–Crippen LogP) is 5.02. The smallest absolute Gasteiger partial charge is 0.266 e. The number of aromatic amines is 1. The molecule has 8 nitrogen and oxygen atoms in total. The molecule has 4 aromatic heterocycles. The summed E-state index contributed by atoms with van der Waals surface area (Å²) in [6, 6.07) is 9.19. The molecule has 1 aliphatic rings. The first kappa shape index (κ1) is 20.1. The van der Waals surface area contributed by atoms with Crippen LogP contribution < -0.4 is 15.8 Å². The number of fused-ring (bicyclic) bond motifs is 2. The highest BCUT2D eigenvalue weighted by Gasteiger charge is 2.21. The molecule has 1 amide bonds. The van der Waals surface area contributed by atoms with Crippen LogP contribution in [0.25, 0.3) is 32.0 Å². The van der Waals surface area contributed by atoms with E-state index >= 15 is 0 Å². The van der Waals surface area contributed by atoms with Gasteiger partial charge in [-0.15, -0.1) is 11.3 Å². The summed E-state index contributed by atoms with van der Waals surface area (Å²) in [5, 5.41) is 4.43. The van der Waals surface area contributed by atoms with Gasteiger partial charge >= 0.3 is 0 Å². The van der Waals surface area contributed by atoms with Crippen molar-refractivity contribution in [2.24, 2.45) is 0 Å². The van der Waals surface area contributed by atoms with Crippen LogP contribution in [0.2, 0.25) is 0 Å². The van der Waals surface area contributed by atoms with Crippen molar-refractivity contribution in [3.05, 3.63) is 57.4 Å². The van der Waals surface area contributed by atoms with Crippen LogP contribution in [0.5, 0.6) is 0 Å². The highest BCUT2D eigenvalue weighted by molar-refractivity contribution is 7.22. The van der Waals surface area contributed by atoms with Crippen molar-refractivity contribution in [3.63, 3.8) is 0 Å². The number of anilines is 2. The van der Waals surface area contributed by atoms with Crippen molar-refractivity contribution >= 4 is 59.8 Å². The summed E-state index contributed by atoms with van der Waals surface area (Å²) in [5.74, 6) is 0.547. The molecule has 1 saturated heterocycles. The van der Waals surface area contributed by atoms with Crippen LogP contribution in [0.15, 0.2) is 45.8 Å². The summed E-state index contributed by atoms with van der Waals surface area (Å²) >= 11 is 2.84. The molecule has 166 valence electrons. The minimum absolute atomic E-state index is 0.266. The molecule has 33 heavy (non-hydrogen) atoms. The first-order valence-corrected chi connectivity index (χ1v) is 12.2. The summed E-state index contributed by atoms with van der Waals surface area (Å²) in [6.07, 6.45) is 3.92. The van der Waals surface area contributed by atoms with Crippen LogP contribution in [0, 0.1) is 6.92 Å². The Morgan fingerprint density at radius 2 is 2.03 bits per heavy atom. The number of thiazole rings is 1. The molecule has 6 rings (SSSR count). The van der Waals surface area contributed by atoms with E-state index in [2.05, 4.69) is 20.2 Å². The number of hydrogen-bond acceptors (Lipinski definition) is 8. The number of furan rings is 1. The molecule has 0 atom stereocenters. The lowest BCUT2D eigenvalue weighted by Crippen LogP contribution is -2.16. The van der Waals surface area contributed by atoms with Gasteiger partial charge in [0.1, 0.15) is 4.83 Å². The maximum absolute atomic E-state index is 13.1. The number of nitrogens with one attached hydrogen (secondary N) is 2. The zero-order chi connectivity index (χ0) is 22.5. The van der Waals surface area contributed by atoms with Crippen LogP contribution in [-0.2, 0) is 0 Å². The summed E-state index contributed by atoms with van der Waals surface area (Å²) in [6.45, 7) is 3.86. The molecule has 0 aliphatic carbocycles. The van der Waals surface area contributed by atoms with Crippen molar-refractivity contribution in [1.82, 2.24) is 15.0 Å². The Hall–Kier alpha value is -3.50. The molecular weight excluding hydrogens is 458 g/mol. The van der Waals surface area contributed by atoms with Crippen LogP contribution in [-0.4, -0.2) is 33.9 Å². The molecule has 0 saturated carbocycles. The second-order valence-corrected chi connectivity index (χ2v) is 9.96. The second kappa shape index (κ2) is 7.82. The predicted molar refractivity (Wildman–Crippen MR) is 132 cm³/mol. The molecule has 1 aliphatic heterocycles. The Morgan fingerprint density at radius 3 is 2.82 bits per heavy atom. The number of aryl methyl sites for hydroxylation is 1. The maximum atomic E-state index is 13.1. The topological polar surface area (TPSA) is 104 Å². The van der Waals surface area contributed by atoms with Gasteiger partial charge in [-0.2, -0.15) is 0 Å². The number of thiophene rings is 1. The molecule has 5 heterocycles. The van der Waals surface area contributed by atoms with Gasteiger partial charge < -0.3 is 19.6 Å². The van der Waals surface area contributed by atoms with Gasteiger partial charge in [0.15, 0.2) is 16.7 Å². The fraction of sp³-hybridized carbons (Fsp3) is 0.217. The van der Waals surface area contributed by atoms with Crippen molar-refractivity contribution in [2.75, 3.05) is 23.3 Å². The lowest BCUT2D eigenvalue weighted by Gasteiger charge is -2.11. The number of rotatable bonds is 4. The molecule has 0 unspecified atom stereocenters. The van der Waals surface area contributed by atoms with Gasteiger partial charge in [0.2, 0.25) is 0 Å². The quantitative estimate of drug-likeness (QED) is 0.377. The maximum Gasteiger partial charge on any atom is 0.266 e. The monoisotopic (exact) mass is 477 g/mol. The molecule has 0 spiro atoms. The molecule has 2 N–H and O–H groups in total. The SMILES string of the molecule is Cc1c(C(=O)Nc2ccc3nc(N4CCCC4)sc3c2)sc2nc(-c3ccco3)[nH]c(=O)c12. The fourth-order valence-corrected chi connectivity index (χ4v) is 6.25. The van der Waals surface area contributed by atoms with Crippen LogP contribution in [0.4, 0.5) is 10.8 Å². The number of carbonyl (C=O) groups excluding carboxylic acids is 1. The molecule has 0 radical (unpaired) electrons. The molecule has 0 bridgehead atoms. The molecule has 5 aromatic rings. The lowest BCUT2D eigenvalue weighted by molar-refractivity contribution is 0.103. The average molecular weight is 478 g/mol. The largest absolute Gasteiger partial charge is 0.461 e. The first-order chi connectivity index (χ1) is 16.1. The third-order valence-corrected chi connectivity index (χ3v) is 8.04. The average Bonchev–Trinajstić information content (AvgIpc) is 3.58. The number of benzene rings is 1. The van der Waals surface area contributed by atoms with E-state index in [1.165, 1.54) is 30.4 Å². The minimum atomic E-state index is -0.292. The zero-order valence-electron chi connectivity index (χ0n) is 17.7. The summed E-state index contributed by atoms with van der Waals surface area (Å²) in [4.78, 5) is 41.1. The van der Waals surface area contributed by atoms with Crippen molar-refractivity contribution in [3.8, 4) is 11.6 Å². The van der Waals surface area contributed by atoms with Crippen LogP contribution >= 0.6 is 22.7 Å². The van der Waals surface area contributed by atoms with E-state index in [9.17, 15) is 9.59 Å². The van der Waals surface area contributed by atoms with Crippen LogP contribution in [0.1, 0.15) is 28.1 Å². The number of H-pyrrole nitrogens is 1.